The van der Waals surface area contributed by atoms with Crippen molar-refractivity contribution in [2.45, 2.75) is 32.7 Å². The lowest BCUT2D eigenvalue weighted by molar-refractivity contribution is 0.148. The zero-order valence-corrected chi connectivity index (χ0v) is 8.18. The van der Waals surface area contributed by atoms with E-state index in [0.29, 0.717) is 11.5 Å². The smallest absolute Gasteiger partial charge is 0.0536 e. The molecule has 0 amide bonds. The molecule has 2 aliphatic heterocycles. The van der Waals surface area contributed by atoms with Crippen LogP contribution in [0.15, 0.2) is 0 Å². The fourth-order valence-electron chi connectivity index (χ4n) is 2.38. The maximum Gasteiger partial charge on any atom is 0.0536 e. The summed E-state index contributed by atoms with van der Waals surface area (Å²) < 4.78 is 5.48. The molecule has 0 aliphatic carbocycles. The van der Waals surface area contributed by atoms with Crippen LogP contribution in [-0.4, -0.2) is 37.2 Å². The molecule has 0 aromatic carbocycles. The number of hydrogen-bond acceptors (Lipinski definition) is 2. The summed E-state index contributed by atoms with van der Waals surface area (Å²) in [5.74, 6) is 0. The van der Waals surface area contributed by atoms with Crippen molar-refractivity contribution in [1.29, 1.82) is 0 Å². The van der Waals surface area contributed by atoms with E-state index in [9.17, 15) is 0 Å². The lowest BCUT2D eigenvalue weighted by atomic mass is 9.87. The highest BCUT2D eigenvalue weighted by molar-refractivity contribution is 4.93. The van der Waals surface area contributed by atoms with Gasteiger partial charge >= 0.3 is 0 Å². The fourth-order valence-corrected chi connectivity index (χ4v) is 2.38. The van der Waals surface area contributed by atoms with Gasteiger partial charge in [-0.2, -0.15) is 0 Å². The summed E-state index contributed by atoms with van der Waals surface area (Å²) in [6.45, 7) is 9.12. The molecule has 2 heteroatoms. The highest BCUT2D eigenvalue weighted by Crippen LogP contribution is 2.38. The number of rotatable bonds is 1. The van der Waals surface area contributed by atoms with Gasteiger partial charge in [0, 0.05) is 24.6 Å². The first kappa shape index (κ1) is 8.52. The van der Waals surface area contributed by atoms with Gasteiger partial charge < -0.3 is 9.64 Å². The number of ether oxygens (including phenoxy) is 1. The molecule has 0 bridgehead atoms. The fraction of sp³-hybridized carbons (Fsp3) is 1.00. The van der Waals surface area contributed by atoms with Crippen LogP contribution in [0.1, 0.15) is 26.7 Å². The van der Waals surface area contributed by atoms with Gasteiger partial charge in [-0.1, -0.05) is 0 Å². The zero-order valence-electron chi connectivity index (χ0n) is 8.18. The van der Waals surface area contributed by atoms with Crippen molar-refractivity contribution in [1.82, 2.24) is 4.90 Å². The van der Waals surface area contributed by atoms with Crippen LogP contribution in [0.2, 0.25) is 0 Å². The van der Waals surface area contributed by atoms with Crippen molar-refractivity contribution in [3.05, 3.63) is 0 Å². The topological polar surface area (TPSA) is 12.5 Å². The van der Waals surface area contributed by atoms with Crippen molar-refractivity contribution in [3.8, 4) is 0 Å². The van der Waals surface area contributed by atoms with Crippen molar-refractivity contribution in [2.75, 3.05) is 26.3 Å². The Labute approximate surface area is 74.9 Å². The van der Waals surface area contributed by atoms with Gasteiger partial charge in [0.2, 0.25) is 0 Å². The lowest BCUT2D eigenvalue weighted by Gasteiger charge is -2.24. The zero-order chi connectivity index (χ0) is 8.60. The summed E-state index contributed by atoms with van der Waals surface area (Å²) in [4.78, 5) is 2.58. The Balaban J connectivity index is 1.96. The van der Waals surface area contributed by atoms with Crippen LogP contribution in [0.4, 0.5) is 0 Å². The molecule has 2 rings (SSSR count). The van der Waals surface area contributed by atoms with E-state index in [-0.39, 0.29) is 0 Å². The van der Waals surface area contributed by atoms with Gasteiger partial charge in [0.25, 0.3) is 0 Å². The molecule has 0 unspecified atom stereocenters. The molecule has 0 saturated carbocycles. The average molecular weight is 169 g/mol. The second kappa shape index (κ2) is 3.00. The number of hydrogen-bond donors (Lipinski definition) is 0. The van der Waals surface area contributed by atoms with E-state index < -0.39 is 0 Å². The van der Waals surface area contributed by atoms with Crippen molar-refractivity contribution in [2.24, 2.45) is 5.41 Å². The minimum absolute atomic E-state index is 0.546. The Bertz CT molecular complexity index is 161. The molecule has 2 fully saturated rings. The molecule has 12 heavy (non-hydrogen) atoms. The van der Waals surface area contributed by atoms with Crippen molar-refractivity contribution < 1.29 is 4.74 Å². The molecule has 1 atom stereocenters. The second-order valence-electron chi connectivity index (χ2n) is 4.62. The third kappa shape index (κ3) is 1.38. The van der Waals surface area contributed by atoms with Gasteiger partial charge in [-0.25, -0.2) is 0 Å². The molecule has 0 radical (unpaired) electrons. The maximum atomic E-state index is 5.48. The van der Waals surface area contributed by atoms with Gasteiger partial charge in [0.05, 0.1) is 6.61 Å². The first-order valence-electron chi connectivity index (χ1n) is 5.04. The van der Waals surface area contributed by atoms with E-state index in [2.05, 4.69) is 18.7 Å². The van der Waals surface area contributed by atoms with Crippen LogP contribution < -0.4 is 0 Å². The molecule has 0 aromatic heterocycles. The minimum atomic E-state index is 0.546. The molecular weight excluding hydrogens is 150 g/mol. The second-order valence-corrected chi connectivity index (χ2v) is 4.62. The van der Waals surface area contributed by atoms with E-state index in [1.54, 1.807) is 0 Å². The van der Waals surface area contributed by atoms with Gasteiger partial charge in [-0.3, -0.25) is 0 Å². The van der Waals surface area contributed by atoms with Gasteiger partial charge in [-0.05, 0) is 33.2 Å². The van der Waals surface area contributed by atoms with Gasteiger partial charge in [0.1, 0.15) is 0 Å². The highest BCUT2D eigenvalue weighted by Gasteiger charge is 2.41. The summed E-state index contributed by atoms with van der Waals surface area (Å²) in [6.07, 6.45) is 2.64. The Morgan fingerprint density at radius 2 is 2.17 bits per heavy atom. The maximum absolute atomic E-state index is 5.48. The molecule has 2 heterocycles. The Kier molecular flexibility index (Phi) is 2.13. The van der Waals surface area contributed by atoms with Gasteiger partial charge in [0.15, 0.2) is 0 Å². The first-order valence-corrected chi connectivity index (χ1v) is 5.04. The van der Waals surface area contributed by atoms with Crippen LogP contribution in [-0.2, 0) is 4.74 Å². The molecule has 0 N–H and O–H groups in total. The number of nitrogens with zero attached hydrogens (tertiary/aromatic N) is 1. The summed E-state index contributed by atoms with van der Waals surface area (Å²) in [5.41, 5.74) is 0.546. The quantitative estimate of drug-likeness (QED) is 0.590. The molecule has 70 valence electrons. The Morgan fingerprint density at radius 1 is 1.33 bits per heavy atom. The molecular formula is C10H19NO. The van der Waals surface area contributed by atoms with Crippen molar-refractivity contribution >= 4 is 0 Å². The van der Waals surface area contributed by atoms with Crippen LogP contribution in [0.25, 0.3) is 0 Å². The van der Waals surface area contributed by atoms with E-state index in [1.807, 2.05) is 0 Å². The Hall–Kier alpha value is -0.0800. The van der Waals surface area contributed by atoms with Crippen LogP contribution in [0.5, 0.6) is 0 Å². The first-order chi connectivity index (χ1) is 5.72. The van der Waals surface area contributed by atoms with E-state index in [4.69, 9.17) is 4.74 Å². The monoisotopic (exact) mass is 169 g/mol. The van der Waals surface area contributed by atoms with E-state index in [0.717, 1.165) is 13.2 Å². The molecule has 1 spiro atoms. The van der Waals surface area contributed by atoms with E-state index in [1.165, 1.54) is 25.9 Å². The summed E-state index contributed by atoms with van der Waals surface area (Å²) >= 11 is 0. The average Bonchev–Trinajstić information content (AvgIpc) is 2.62. The summed E-state index contributed by atoms with van der Waals surface area (Å²) in [5, 5.41) is 0. The van der Waals surface area contributed by atoms with Crippen LogP contribution in [0, 0.1) is 5.41 Å². The predicted octanol–water partition coefficient (Wildman–Crippen LogP) is 1.51. The third-order valence-corrected chi connectivity index (χ3v) is 3.38. The number of likely N-dealkylation sites (tertiary alicyclic amines) is 1. The highest BCUT2D eigenvalue weighted by atomic mass is 16.5. The lowest BCUT2D eigenvalue weighted by Crippen LogP contribution is -2.32. The Morgan fingerprint density at radius 3 is 2.67 bits per heavy atom. The molecule has 2 saturated heterocycles. The van der Waals surface area contributed by atoms with E-state index >= 15 is 0 Å². The largest absolute Gasteiger partial charge is 0.381 e. The van der Waals surface area contributed by atoms with Crippen LogP contribution in [0.3, 0.4) is 0 Å². The standard InChI is InChI=1S/C10H19NO/c1-9(2)11-5-3-10(7-11)4-6-12-8-10/h9H,3-8H2,1-2H3/t10-/m0/s1. The molecule has 0 aromatic rings. The third-order valence-electron chi connectivity index (χ3n) is 3.38. The normalized spacial score (nSPS) is 37.2. The predicted molar refractivity (Wildman–Crippen MR) is 49.2 cm³/mol. The summed E-state index contributed by atoms with van der Waals surface area (Å²) in [6, 6.07) is 0.713. The van der Waals surface area contributed by atoms with Crippen molar-refractivity contribution in [3.63, 3.8) is 0 Å². The van der Waals surface area contributed by atoms with Crippen LogP contribution >= 0.6 is 0 Å². The molecule has 2 nitrogen and oxygen atoms in total. The van der Waals surface area contributed by atoms with Gasteiger partial charge in [-0.15, -0.1) is 0 Å². The summed E-state index contributed by atoms with van der Waals surface area (Å²) in [7, 11) is 0. The SMILES string of the molecule is CC(C)N1CC[C@]2(CCOC2)C1. The molecule has 2 aliphatic rings. The minimum Gasteiger partial charge on any atom is -0.381 e.